The van der Waals surface area contributed by atoms with Gasteiger partial charge in [-0.05, 0) is 5.21 Å². The first kappa shape index (κ1) is 10.4. The maximum atomic E-state index is 8.67. The van der Waals surface area contributed by atoms with Crippen LogP contribution >= 0.6 is 11.6 Å². The number of halogens is 1. The molecule has 0 fully saturated rings. The van der Waals surface area contributed by atoms with E-state index in [4.69, 9.17) is 16.9 Å². The molecule has 2 N–H and O–H groups in total. The van der Waals surface area contributed by atoms with Crippen LogP contribution in [0.15, 0.2) is 12.7 Å². The molecule has 0 aromatic carbocycles. The molecular weight excluding hydrogens is 204 g/mol. The molecule has 6 nitrogen and oxygen atoms in total. The lowest BCUT2D eigenvalue weighted by Crippen LogP contribution is -2.23. The number of nitrogens with one attached hydrogen (secondary N) is 2. The molecule has 0 radical (unpaired) electrons. The SMILES string of the molecule is C=CCNNc1c(Cl)nnnc1C#N. The summed E-state index contributed by atoms with van der Waals surface area (Å²) < 4.78 is 0. The van der Waals surface area contributed by atoms with Gasteiger partial charge in [0.25, 0.3) is 0 Å². The van der Waals surface area contributed by atoms with Crippen LogP contribution in [0.25, 0.3) is 0 Å². The fourth-order valence-electron chi connectivity index (χ4n) is 0.705. The first-order valence-electron chi connectivity index (χ1n) is 3.68. The van der Waals surface area contributed by atoms with Gasteiger partial charge in [0.05, 0.1) is 0 Å². The average molecular weight is 211 g/mol. The molecule has 0 bridgehead atoms. The molecular formula is C7H7ClN6. The topological polar surface area (TPSA) is 86.5 Å². The summed E-state index contributed by atoms with van der Waals surface area (Å²) in [6.07, 6.45) is 1.65. The van der Waals surface area contributed by atoms with E-state index in [9.17, 15) is 0 Å². The van der Waals surface area contributed by atoms with Crippen molar-refractivity contribution in [2.45, 2.75) is 0 Å². The number of rotatable bonds is 4. The molecule has 1 aromatic heterocycles. The van der Waals surface area contributed by atoms with E-state index in [1.165, 1.54) is 0 Å². The summed E-state index contributed by atoms with van der Waals surface area (Å²) >= 11 is 5.69. The minimum Gasteiger partial charge on any atom is -0.316 e. The van der Waals surface area contributed by atoms with Crippen LogP contribution < -0.4 is 10.9 Å². The van der Waals surface area contributed by atoms with Crippen LogP contribution in [0.4, 0.5) is 5.69 Å². The Morgan fingerprint density at radius 1 is 1.57 bits per heavy atom. The number of nitriles is 1. The van der Waals surface area contributed by atoms with Gasteiger partial charge in [-0.25, -0.2) is 5.43 Å². The second-order valence-electron chi connectivity index (χ2n) is 2.21. The van der Waals surface area contributed by atoms with E-state index in [0.29, 0.717) is 12.2 Å². The molecule has 0 unspecified atom stereocenters. The van der Waals surface area contributed by atoms with E-state index >= 15 is 0 Å². The Hall–Kier alpha value is -1.71. The Bertz CT molecular complexity index is 371. The molecule has 0 aliphatic carbocycles. The Labute approximate surface area is 85.6 Å². The lowest BCUT2D eigenvalue weighted by atomic mass is 10.4. The maximum absolute atomic E-state index is 8.67. The fourth-order valence-corrected chi connectivity index (χ4v) is 0.875. The third-order valence-electron chi connectivity index (χ3n) is 1.29. The molecule has 0 aliphatic rings. The highest BCUT2D eigenvalue weighted by atomic mass is 35.5. The Morgan fingerprint density at radius 3 is 3.00 bits per heavy atom. The van der Waals surface area contributed by atoms with Gasteiger partial charge in [0.1, 0.15) is 11.8 Å². The van der Waals surface area contributed by atoms with E-state index in [2.05, 4.69) is 32.8 Å². The summed E-state index contributed by atoms with van der Waals surface area (Å²) in [6.45, 7) is 4.03. The van der Waals surface area contributed by atoms with Crippen LogP contribution in [0.1, 0.15) is 5.69 Å². The minimum absolute atomic E-state index is 0.0848. The summed E-state index contributed by atoms with van der Waals surface area (Å²) in [5, 5.41) is 19.1. The molecule has 1 aromatic rings. The van der Waals surface area contributed by atoms with Crippen molar-refractivity contribution in [3.63, 3.8) is 0 Å². The summed E-state index contributed by atoms with van der Waals surface area (Å²) in [7, 11) is 0. The molecule has 0 saturated heterocycles. The fraction of sp³-hybridized carbons (Fsp3) is 0.143. The van der Waals surface area contributed by atoms with Gasteiger partial charge in [0.2, 0.25) is 0 Å². The van der Waals surface area contributed by atoms with Gasteiger partial charge in [0.15, 0.2) is 10.8 Å². The average Bonchev–Trinajstić information content (AvgIpc) is 2.20. The van der Waals surface area contributed by atoms with E-state index in [0.717, 1.165) is 0 Å². The molecule has 0 saturated carbocycles. The third kappa shape index (κ3) is 2.39. The third-order valence-corrected chi connectivity index (χ3v) is 1.55. The van der Waals surface area contributed by atoms with Gasteiger partial charge in [-0.3, -0.25) is 0 Å². The highest BCUT2D eigenvalue weighted by Crippen LogP contribution is 2.18. The predicted molar refractivity (Wildman–Crippen MR) is 51.4 cm³/mol. The van der Waals surface area contributed by atoms with Gasteiger partial charge in [-0.15, -0.1) is 16.8 Å². The van der Waals surface area contributed by atoms with Crippen LogP contribution in [0.5, 0.6) is 0 Å². The van der Waals surface area contributed by atoms with Crippen LogP contribution in [0.2, 0.25) is 5.15 Å². The van der Waals surface area contributed by atoms with Crippen molar-refractivity contribution in [3.8, 4) is 6.07 Å². The zero-order valence-electron chi connectivity index (χ0n) is 7.16. The zero-order chi connectivity index (χ0) is 10.4. The number of hydrogen-bond donors (Lipinski definition) is 2. The first-order chi connectivity index (χ1) is 6.79. The van der Waals surface area contributed by atoms with Crippen LogP contribution in [0, 0.1) is 11.3 Å². The van der Waals surface area contributed by atoms with Crippen molar-refractivity contribution in [1.82, 2.24) is 20.8 Å². The van der Waals surface area contributed by atoms with Crippen molar-refractivity contribution < 1.29 is 0 Å². The quantitative estimate of drug-likeness (QED) is 0.428. The van der Waals surface area contributed by atoms with E-state index in [1.54, 1.807) is 6.08 Å². The standard InChI is InChI=1S/C7H7ClN6/c1-2-3-10-12-6-5(4-9)11-14-13-7(6)8/h2,10H,1,3H2,(H,12,14). The van der Waals surface area contributed by atoms with Crippen LogP contribution in [-0.4, -0.2) is 22.0 Å². The van der Waals surface area contributed by atoms with Gasteiger partial charge < -0.3 is 5.43 Å². The summed E-state index contributed by atoms with van der Waals surface area (Å²) in [5.41, 5.74) is 5.84. The van der Waals surface area contributed by atoms with Crippen molar-refractivity contribution in [2.75, 3.05) is 12.0 Å². The van der Waals surface area contributed by atoms with E-state index in [-0.39, 0.29) is 10.8 Å². The van der Waals surface area contributed by atoms with Crippen molar-refractivity contribution in [1.29, 1.82) is 5.26 Å². The normalized spacial score (nSPS) is 9.14. The maximum Gasteiger partial charge on any atom is 0.192 e. The van der Waals surface area contributed by atoms with Gasteiger partial charge >= 0.3 is 0 Å². The highest BCUT2D eigenvalue weighted by Gasteiger charge is 2.09. The number of nitrogens with zero attached hydrogens (tertiary/aromatic N) is 4. The molecule has 0 atom stereocenters. The lowest BCUT2D eigenvalue weighted by Gasteiger charge is -2.06. The molecule has 0 amide bonds. The Kier molecular flexibility index (Phi) is 3.79. The van der Waals surface area contributed by atoms with Crippen molar-refractivity contribution in [3.05, 3.63) is 23.5 Å². The van der Waals surface area contributed by atoms with Gasteiger partial charge in [-0.1, -0.05) is 17.7 Å². The predicted octanol–water partition coefficient (Wildman–Crippen LogP) is 0.499. The van der Waals surface area contributed by atoms with E-state index in [1.807, 2.05) is 6.07 Å². The second-order valence-corrected chi connectivity index (χ2v) is 2.57. The summed E-state index contributed by atoms with van der Waals surface area (Å²) in [6, 6.07) is 1.84. The minimum atomic E-state index is 0.0848. The molecule has 0 aliphatic heterocycles. The first-order valence-corrected chi connectivity index (χ1v) is 4.06. The highest BCUT2D eigenvalue weighted by molar-refractivity contribution is 6.32. The smallest absolute Gasteiger partial charge is 0.192 e. The Balaban J connectivity index is 2.83. The summed E-state index contributed by atoms with van der Waals surface area (Å²) in [4.78, 5) is 0. The molecule has 14 heavy (non-hydrogen) atoms. The van der Waals surface area contributed by atoms with Gasteiger partial charge in [-0.2, -0.15) is 5.26 Å². The second kappa shape index (κ2) is 5.11. The molecule has 0 spiro atoms. The van der Waals surface area contributed by atoms with Crippen LogP contribution in [0.3, 0.4) is 0 Å². The Morgan fingerprint density at radius 2 is 2.36 bits per heavy atom. The molecule has 7 heteroatoms. The van der Waals surface area contributed by atoms with E-state index < -0.39 is 0 Å². The largest absolute Gasteiger partial charge is 0.316 e. The zero-order valence-corrected chi connectivity index (χ0v) is 7.91. The van der Waals surface area contributed by atoms with Crippen LogP contribution in [-0.2, 0) is 0 Å². The summed E-state index contributed by atoms with van der Waals surface area (Å²) in [5.74, 6) is 0. The number of aromatic nitrogens is 3. The lowest BCUT2D eigenvalue weighted by molar-refractivity contribution is 0.833. The number of anilines is 1. The number of hydrogen-bond acceptors (Lipinski definition) is 6. The number of hydrazine groups is 1. The molecule has 1 heterocycles. The molecule has 1 rings (SSSR count). The van der Waals surface area contributed by atoms with Crippen molar-refractivity contribution in [2.24, 2.45) is 0 Å². The molecule has 72 valence electrons. The van der Waals surface area contributed by atoms with Gasteiger partial charge in [0, 0.05) is 6.54 Å². The van der Waals surface area contributed by atoms with Crippen molar-refractivity contribution >= 4 is 17.3 Å². The monoisotopic (exact) mass is 210 g/mol.